The van der Waals surface area contributed by atoms with E-state index in [-0.39, 0.29) is 0 Å². The molecule has 13 aromatic rings. The van der Waals surface area contributed by atoms with Crippen molar-refractivity contribution in [1.29, 1.82) is 0 Å². The molecule has 0 fully saturated rings. The fourth-order valence-corrected chi connectivity index (χ4v) is 9.45. The molecule has 0 saturated heterocycles. The number of benzene rings is 10. The van der Waals surface area contributed by atoms with E-state index in [1.807, 2.05) is 36.4 Å². The minimum absolute atomic E-state index is 0.636. The maximum absolute atomic E-state index is 5.27. The summed E-state index contributed by atoms with van der Waals surface area (Å²) >= 11 is 0. The van der Waals surface area contributed by atoms with E-state index in [0.29, 0.717) is 17.5 Å². The Bertz CT molecular complexity index is 3440. The first-order valence-corrected chi connectivity index (χ1v) is 18.8. The van der Waals surface area contributed by atoms with Crippen LogP contribution in [0.1, 0.15) is 0 Å². The predicted molar refractivity (Wildman–Crippen MR) is 229 cm³/mol. The average Bonchev–Trinajstić information content (AvgIpc) is 3.52. The quantitative estimate of drug-likeness (QED) is 0.172. The fourth-order valence-electron chi connectivity index (χ4n) is 9.45. The Kier molecular flexibility index (Phi) is 5.60. The summed E-state index contributed by atoms with van der Waals surface area (Å²) in [5, 5.41) is 17.9. The van der Waals surface area contributed by atoms with E-state index in [2.05, 4.69) is 138 Å². The van der Waals surface area contributed by atoms with Crippen molar-refractivity contribution in [3.63, 3.8) is 0 Å². The van der Waals surface area contributed by atoms with Gasteiger partial charge in [-0.15, -0.1) is 0 Å². The molecule has 0 spiro atoms. The first kappa shape index (κ1) is 29.1. The highest BCUT2D eigenvalue weighted by Gasteiger charge is 2.26. The number of aromatic nitrogens is 4. The van der Waals surface area contributed by atoms with Crippen LogP contribution in [0.3, 0.4) is 0 Å². The van der Waals surface area contributed by atoms with Crippen molar-refractivity contribution in [2.24, 2.45) is 0 Å². The van der Waals surface area contributed by atoms with Crippen molar-refractivity contribution in [3.8, 4) is 39.9 Å². The molecule has 0 aliphatic carbocycles. The minimum atomic E-state index is 0.636. The van der Waals surface area contributed by atoms with E-state index in [1.165, 1.54) is 75.7 Å². The van der Waals surface area contributed by atoms with Crippen molar-refractivity contribution in [2.45, 2.75) is 0 Å². The van der Waals surface area contributed by atoms with Crippen LogP contribution in [0.25, 0.3) is 126 Å². The lowest BCUT2D eigenvalue weighted by Crippen LogP contribution is -2.04. The summed E-state index contributed by atoms with van der Waals surface area (Å²) in [4.78, 5) is 15.6. The van der Waals surface area contributed by atoms with Crippen LogP contribution in [0.5, 0.6) is 0 Å². The molecule has 55 heavy (non-hydrogen) atoms. The highest BCUT2D eigenvalue weighted by molar-refractivity contribution is 6.45. The number of hydrogen-bond acceptors (Lipinski definition) is 3. The standard InChI is InChI=1S/C51H28N4/c1-3-9-34(10-4-1)49-52-50(35-11-5-2-6-12-35)54-51(53-49)38-27-36-13-7-8-14-37(36)28-41(38)55-39-25-23-32-21-19-30-17-15-29-16-18-31-20-22-33-24-26-40(55)48-46(33)44(31)42(29)43(30)45(32)47(39)48/h1-28H. The van der Waals surface area contributed by atoms with Crippen LogP contribution in [0.15, 0.2) is 170 Å². The van der Waals surface area contributed by atoms with Crippen LogP contribution >= 0.6 is 0 Å². The lowest BCUT2D eigenvalue weighted by molar-refractivity contribution is 1.07. The molecule has 0 atom stereocenters. The molecule has 0 aliphatic heterocycles. The molecule has 0 radical (unpaired) electrons. The topological polar surface area (TPSA) is 43.6 Å². The molecule has 13 rings (SSSR count). The van der Waals surface area contributed by atoms with Crippen molar-refractivity contribution in [3.05, 3.63) is 170 Å². The fraction of sp³-hybridized carbons (Fsp3) is 0. The van der Waals surface area contributed by atoms with Crippen LogP contribution < -0.4 is 0 Å². The summed E-state index contributed by atoms with van der Waals surface area (Å²) in [5.74, 6) is 1.93. The third-order valence-electron chi connectivity index (χ3n) is 11.8. The average molecular weight is 697 g/mol. The molecule has 2 aromatic heterocycles. The van der Waals surface area contributed by atoms with E-state index in [4.69, 9.17) is 15.0 Å². The van der Waals surface area contributed by atoms with Gasteiger partial charge in [0.2, 0.25) is 0 Å². The van der Waals surface area contributed by atoms with Crippen molar-refractivity contribution in [2.75, 3.05) is 0 Å². The normalized spacial score (nSPS) is 12.4. The molecule has 0 aliphatic rings. The van der Waals surface area contributed by atoms with Crippen LogP contribution in [0, 0.1) is 0 Å². The van der Waals surface area contributed by atoms with Gasteiger partial charge in [-0.3, -0.25) is 0 Å². The predicted octanol–water partition coefficient (Wildman–Crippen LogP) is 13.2. The molecule has 252 valence electrons. The second kappa shape index (κ2) is 10.6. The number of hydrogen-bond donors (Lipinski definition) is 0. The van der Waals surface area contributed by atoms with Crippen molar-refractivity contribution < 1.29 is 0 Å². The van der Waals surface area contributed by atoms with E-state index in [0.717, 1.165) is 33.2 Å². The van der Waals surface area contributed by atoms with Crippen molar-refractivity contribution in [1.82, 2.24) is 19.5 Å². The maximum atomic E-state index is 5.27. The monoisotopic (exact) mass is 696 g/mol. The second-order valence-electron chi connectivity index (χ2n) is 14.8. The third kappa shape index (κ3) is 3.92. The molecule has 4 heteroatoms. The van der Waals surface area contributed by atoms with Crippen molar-refractivity contribution >= 4 is 86.4 Å². The molecule has 0 amide bonds. The van der Waals surface area contributed by atoms with E-state index in [9.17, 15) is 0 Å². The lowest BCUT2D eigenvalue weighted by Gasteiger charge is -2.17. The zero-order valence-electron chi connectivity index (χ0n) is 29.5. The lowest BCUT2D eigenvalue weighted by atomic mass is 9.92. The highest BCUT2D eigenvalue weighted by atomic mass is 15.1. The zero-order valence-corrected chi connectivity index (χ0v) is 29.5. The summed E-state index contributed by atoms with van der Waals surface area (Å²) in [5.41, 5.74) is 6.22. The number of nitrogens with zero attached hydrogens (tertiary/aromatic N) is 4. The Hall–Kier alpha value is -7.43. The number of rotatable bonds is 4. The van der Waals surface area contributed by atoms with Crippen LogP contribution in [-0.2, 0) is 0 Å². The van der Waals surface area contributed by atoms with Gasteiger partial charge < -0.3 is 4.57 Å². The minimum Gasteiger partial charge on any atom is -0.308 e. The molecule has 0 bridgehead atoms. The van der Waals surface area contributed by atoms with Gasteiger partial charge >= 0.3 is 0 Å². The van der Waals surface area contributed by atoms with E-state index < -0.39 is 0 Å². The molecular formula is C51H28N4. The molecule has 2 heterocycles. The van der Waals surface area contributed by atoms with Gasteiger partial charge in [-0.1, -0.05) is 146 Å². The summed E-state index contributed by atoms with van der Waals surface area (Å²) < 4.78 is 2.48. The van der Waals surface area contributed by atoms with Gasteiger partial charge in [0, 0.05) is 38.2 Å². The van der Waals surface area contributed by atoms with Gasteiger partial charge in [-0.2, -0.15) is 0 Å². The van der Waals surface area contributed by atoms with Gasteiger partial charge in [0.05, 0.1) is 16.7 Å². The van der Waals surface area contributed by atoms with E-state index >= 15 is 0 Å². The zero-order chi connectivity index (χ0) is 35.8. The van der Waals surface area contributed by atoms with Gasteiger partial charge in [0.15, 0.2) is 17.5 Å². The van der Waals surface area contributed by atoms with Gasteiger partial charge in [0.25, 0.3) is 0 Å². The summed E-state index contributed by atoms with van der Waals surface area (Å²) in [6.45, 7) is 0. The molecular weight excluding hydrogens is 669 g/mol. The Morgan fingerprint density at radius 3 is 1.11 bits per heavy atom. The SMILES string of the molecule is c1ccc(-c2nc(-c3ccccc3)nc(-c3cc4ccccc4cc3-n3c4ccc5ccc6ccc7ccc8ccc9ccc3c3c9c8c7c6c5c34)n2)cc1. The smallest absolute Gasteiger partial charge is 0.166 e. The second-order valence-corrected chi connectivity index (χ2v) is 14.8. The maximum Gasteiger partial charge on any atom is 0.166 e. The van der Waals surface area contributed by atoms with Crippen LogP contribution in [-0.4, -0.2) is 19.5 Å². The third-order valence-corrected chi connectivity index (χ3v) is 11.8. The largest absolute Gasteiger partial charge is 0.308 e. The van der Waals surface area contributed by atoms with E-state index in [1.54, 1.807) is 0 Å². The van der Waals surface area contributed by atoms with Crippen LogP contribution in [0.2, 0.25) is 0 Å². The summed E-state index contributed by atoms with van der Waals surface area (Å²) in [6.07, 6.45) is 0. The first-order chi connectivity index (χ1) is 27.3. The molecule has 0 unspecified atom stereocenters. The highest BCUT2D eigenvalue weighted by Crippen LogP contribution is 2.50. The van der Waals surface area contributed by atoms with Gasteiger partial charge in [0.1, 0.15) is 0 Å². The number of fused-ring (bicyclic) bond motifs is 1. The molecule has 11 aromatic carbocycles. The summed E-state index contributed by atoms with van der Waals surface area (Å²) in [7, 11) is 0. The first-order valence-electron chi connectivity index (χ1n) is 18.8. The Balaban J connectivity index is 1.22. The summed E-state index contributed by atoms with van der Waals surface area (Å²) in [6, 6.07) is 61.3. The van der Waals surface area contributed by atoms with Crippen LogP contribution in [0.4, 0.5) is 0 Å². The Morgan fingerprint density at radius 1 is 0.291 bits per heavy atom. The molecule has 0 saturated carbocycles. The molecule has 4 nitrogen and oxygen atoms in total. The molecule has 0 N–H and O–H groups in total. The Labute approximate surface area is 314 Å². The Morgan fingerprint density at radius 2 is 0.655 bits per heavy atom. The van der Waals surface area contributed by atoms with Gasteiger partial charge in [-0.25, -0.2) is 15.0 Å². The van der Waals surface area contributed by atoms with Gasteiger partial charge in [-0.05, 0) is 78.1 Å².